The van der Waals surface area contributed by atoms with Gasteiger partial charge in [0.2, 0.25) is 11.8 Å². The van der Waals surface area contributed by atoms with Crippen LogP contribution in [0.2, 0.25) is 0 Å². The molecule has 4 aromatic rings. The fourth-order valence-corrected chi connectivity index (χ4v) is 3.78. The highest BCUT2D eigenvalue weighted by atomic mass is 32.2. The molecule has 0 aliphatic heterocycles. The Morgan fingerprint density at radius 3 is 2.72 bits per heavy atom. The zero-order chi connectivity index (χ0) is 22.5. The molecule has 164 valence electrons. The van der Waals surface area contributed by atoms with Crippen molar-refractivity contribution in [3.8, 4) is 17.2 Å². The molecule has 0 spiro atoms. The minimum Gasteiger partial charge on any atom is -0.497 e. The Kier molecular flexibility index (Phi) is 6.41. The van der Waals surface area contributed by atoms with Gasteiger partial charge < -0.3 is 24.6 Å². The highest BCUT2D eigenvalue weighted by Crippen LogP contribution is 2.25. The van der Waals surface area contributed by atoms with E-state index in [-0.39, 0.29) is 17.4 Å². The Labute approximate surface area is 187 Å². The second kappa shape index (κ2) is 9.56. The molecule has 10 heteroatoms. The van der Waals surface area contributed by atoms with Gasteiger partial charge in [-0.3, -0.25) is 4.79 Å². The van der Waals surface area contributed by atoms with E-state index in [1.165, 1.54) is 0 Å². The van der Waals surface area contributed by atoms with Gasteiger partial charge in [0.1, 0.15) is 11.8 Å². The number of fused-ring (bicyclic) bond motifs is 1. The Hall–Kier alpha value is -3.79. The second-order valence-corrected chi connectivity index (χ2v) is 7.84. The molecule has 1 unspecified atom stereocenters. The molecule has 0 saturated heterocycles. The molecule has 3 N–H and O–H groups in total. The Bertz CT molecular complexity index is 1230. The first-order valence-corrected chi connectivity index (χ1v) is 10.7. The minimum atomic E-state index is -1.10. The summed E-state index contributed by atoms with van der Waals surface area (Å²) in [6, 6.07) is 13.7. The summed E-state index contributed by atoms with van der Waals surface area (Å²) in [5.74, 6) is -0.569. The van der Waals surface area contributed by atoms with Crippen molar-refractivity contribution in [3.05, 3.63) is 60.3 Å². The fraction of sp³-hybridized carbons (Fsp3) is 0.182. The topological polar surface area (TPSA) is 130 Å². The van der Waals surface area contributed by atoms with Crippen molar-refractivity contribution in [2.75, 3.05) is 12.9 Å². The summed E-state index contributed by atoms with van der Waals surface area (Å²) in [7, 11) is 1.58. The average molecular weight is 452 g/mol. The molecule has 0 bridgehead atoms. The van der Waals surface area contributed by atoms with Crippen molar-refractivity contribution < 1.29 is 23.8 Å². The monoisotopic (exact) mass is 452 g/mol. The van der Waals surface area contributed by atoms with E-state index in [9.17, 15) is 14.7 Å². The number of aliphatic carboxylic acids is 1. The van der Waals surface area contributed by atoms with Crippen LogP contribution >= 0.6 is 11.8 Å². The second-order valence-electron chi connectivity index (χ2n) is 6.91. The first-order chi connectivity index (χ1) is 15.5. The quantitative estimate of drug-likeness (QED) is 0.330. The molecule has 9 nitrogen and oxygen atoms in total. The predicted octanol–water partition coefficient (Wildman–Crippen LogP) is 3.13. The molecular formula is C22H20N4O5S. The molecule has 0 fully saturated rings. The van der Waals surface area contributed by atoms with Gasteiger partial charge in [-0.15, -0.1) is 10.2 Å². The van der Waals surface area contributed by atoms with E-state index in [1.54, 1.807) is 37.6 Å². The van der Waals surface area contributed by atoms with Crippen molar-refractivity contribution in [1.82, 2.24) is 20.5 Å². The van der Waals surface area contributed by atoms with E-state index in [0.717, 1.165) is 33.8 Å². The van der Waals surface area contributed by atoms with E-state index >= 15 is 0 Å². The maximum absolute atomic E-state index is 12.4. The standard InChI is InChI=1S/C22H20N4O5S/c1-30-15-8-6-13(7-9-15)20-25-26-22(31-20)32-12-19(27)24-18(21(28)29)10-14-11-23-17-5-3-2-4-16(14)17/h2-9,11,18,23H,10,12H2,1H3,(H,24,27)(H,28,29). The van der Waals surface area contributed by atoms with E-state index < -0.39 is 17.9 Å². The van der Waals surface area contributed by atoms with Crippen LogP contribution in [0.4, 0.5) is 0 Å². The van der Waals surface area contributed by atoms with Gasteiger partial charge in [0.25, 0.3) is 5.22 Å². The fourth-order valence-electron chi connectivity index (χ4n) is 3.20. The molecule has 0 saturated carbocycles. The summed E-state index contributed by atoms with van der Waals surface area (Å²) < 4.78 is 10.7. The molecular weight excluding hydrogens is 432 g/mol. The van der Waals surface area contributed by atoms with E-state index in [4.69, 9.17) is 9.15 Å². The summed E-state index contributed by atoms with van der Waals surface area (Å²) in [4.78, 5) is 27.2. The summed E-state index contributed by atoms with van der Waals surface area (Å²) in [5.41, 5.74) is 2.46. The van der Waals surface area contributed by atoms with Gasteiger partial charge in [-0.25, -0.2) is 4.79 Å². The molecule has 1 atom stereocenters. The number of nitrogens with one attached hydrogen (secondary N) is 2. The van der Waals surface area contributed by atoms with Crippen molar-refractivity contribution >= 4 is 34.5 Å². The van der Waals surface area contributed by atoms with Gasteiger partial charge in [-0.05, 0) is 35.9 Å². The molecule has 4 rings (SSSR count). The lowest BCUT2D eigenvalue weighted by atomic mass is 10.1. The maximum Gasteiger partial charge on any atom is 0.326 e. The zero-order valence-electron chi connectivity index (χ0n) is 17.1. The number of aromatic amines is 1. The van der Waals surface area contributed by atoms with Gasteiger partial charge in [-0.2, -0.15) is 0 Å². The maximum atomic E-state index is 12.4. The number of carboxylic acid groups (broad SMARTS) is 1. The van der Waals surface area contributed by atoms with Crippen LogP contribution in [0.1, 0.15) is 5.56 Å². The molecule has 1 amide bonds. The third-order valence-electron chi connectivity index (χ3n) is 4.80. The van der Waals surface area contributed by atoms with Gasteiger partial charge in [0.15, 0.2) is 0 Å². The van der Waals surface area contributed by atoms with E-state index in [0.29, 0.717) is 11.6 Å². The van der Waals surface area contributed by atoms with Crippen molar-refractivity contribution in [1.29, 1.82) is 0 Å². The number of para-hydroxylation sites is 1. The van der Waals surface area contributed by atoms with Gasteiger partial charge in [-0.1, -0.05) is 30.0 Å². The number of thioether (sulfide) groups is 1. The number of carboxylic acids is 1. The molecule has 2 aromatic heterocycles. The van der Waals surface area contributed by atoms with Crippen molar-refractivity contribution in [2.45, 2.75) is 17.7 Å². The number of carbonyl (C=O) groups is 2. The normalized spacial score (nSPS) is 11.9. The number of hydrogen-bond donors (Lipinski definition) is 3. The average Bonchev–Trinajstić information content (AvgIpc) is 3.45. The lowest BCUT2D eigenvalue weighted by Crippen LogP contribution is -2.43. The number of rotatable bonds is 9. The molecule has 0 aliphatic rings. The molecule has 2 aromatic carbocycles. The summed E-state index contributed by atoms with van der Waals surface area (Å²) >= 11 is 1.04. The number of H-pyrrole nitrogens is 1. The third-order valence-corrected chi connectivity index (χ3v) is 5.62. The Balaban J connectivity index is 1.35. The van der Waals surface area contributed by atoms with Crippen LogP contribution in [0.3, 0.4) is 0 Å². The Morgan fingerprint density at radius 2 is 1.97 bits per heavy atom. The number of amides is 1. The third kappa shape index (κ3) is 4.92. The number of methoxy groups -OCH3 is 1. The first-order valence-electron chi connectivity index (χ1n) is 9.71. The SMILES string of the molecule is COc1ccc(-c2nnc(SCC(=O)NC(Cc3c[nH]c4ccccc34)C(=O)O)o2)cc1. The first kappa shape index (κ1) is 21.4. The number of carbonyl (C=O) groups excluding carboxylic acids is 1. The van der Waals surface area contributed by atoms with Crippen molar-refractivity contribution in [2.24, 2.45) is 0 Å². The van der Waals surface area contributed by atoms with Crippen LogP contribution < -0.4 is 10.1 Å². The van der Waals surface area contributed by atoms with Crippen LogP contribution in [0, 0.1) is 0 Å². The highest BCUT2D eigenvalue weighted by molar-refractivity contribution is 7.99. The lowest BCUT2D eigenvalue weighted by Gasteiger charge is -2.13. The number of hydrogen-bond acceptors (Lipinski definition) is 7. The van der Waals surface area contributed by atoms with Crippen LogP contribution in [0.25, 0.3) is 22.4 Å². The van der Waals surface area contributed by atoms with Crippen LogP contribution in [0.15, 0.2) is 64.4 Å². The van der Waals surface area contributed by atoms with E-state index in [1.807, 2.05) is 24.3 Å². The summed E-state index contributed by atoms with van der Waals surface area (Å²) in [6.07, 6.45) is 1.93. The number of aromatic nitrogens is 3. The van der Waals surface area contributed by atoms with Crippen LogP contribution in [-0.4, -0.2) is 51.1 Å². The largest absolute Gasteiger partial charge is 0.497 e. The summed E-state index contributed by atoms with van der Waals surface area (Å²) in [6.45, 7) is 0. The summed E-state index contributed by atoms with van der Waals surface area (Å²) in [5, 5.41) is 21.2. The minimum absolute atomic E-state index is 0.0537. The highest BCUT2D eigenvalue weighted by Gasteiger charge is 2.22. The molecule has 32 heavy (non-hydrogen) atoms. The van der Waals surface area contributed by atoms with Gasteiger partial charge in [0, 0.05) is 29.1 Å². The van der Waals surface area contributed by atoms with Crippen LogP contribution in [0.5, 0.6) is 5.75 Å². The van der Waals surface area contributed by atoms with E-state index in [2.05, 4.69) is 20.5 Å². The number of nitrogens with zero attached hydrogens (tertiary/aromatic N) is 2. The lowest BCUT2D eigenvalue weighted by molar-refractivity contribution is -0.141. The smallest absolute Gasteiger partial charge is 0.326 e. The number of ether oxygens (including phenoxy) is 1. The van der Waals surface area contributed by atoms with Gasteiger partial charge >= 0.3 is 5.97 Å². The Morgan fingerprint density at radius 1 is 1.19 bits per heavy atom. The molecule has 0 aliphatic carbocycles. The van der Waals surface area contributed by atoms with Crippen LogP contribution in [-0.2, 0) is 16.0 Å². The molecule has 2 heterocycles. The van der Waals surface area contributed by atoms with Crippen molar-refractivity contribution in [3.63, 3.8) is 0 Å². The molecule has 0 radical (unpaired) electrons. The zero-order valence-corrected chi connectivity index (χ0v) is 17.9. The van der Waals surface area contributed by atoms with Gasteiger partial charge in [0.05, 0.1) is 12.9 Å². The predicted molar refractivity (Wildman–Crippen MR) is 119 cm³/mol. The number of benzene rings is 2.